The third-order valence-corrected chi connectivity index (χ3v) is 21.8. The highest BCUT2D eigenvalue weighted by atomic mass is 32.1. The molecule has 7 rings (SSSR count). The number of carboxylic acids is 2. The second kappa shape index (κ2) is 50.8. The van der Waals surface area contributed by atoms with Gasteiger partial charge < -0.3 is 140 Å². The molecule has 0 aromatic heterocycles. The minimum atomic E-state index is -2.04. The van der Waals surface area contributed by atoms with Crippen molar-refractivity contribution in [2.75, 3.05) is 89.4 Å². The second-order valence-corrected chi connectivity index (χ2v) is 31.4. The molecular weight excluding hydrogens is 1790 g/mol. The number of phenolic OH excluding ortho intramolecular Hbond substituents is 3. The van der Waals surface area contributed by atoms with Gasteiger partial charge in [0.1, 0.15) is 71.9 Å². The number of hydrogen-bond acceptors (Lipinski definition) is 35. The first-order valence-electron chi connectivity index (χ1n) is 40.3. The summed E-state index contributed by atoms with van der Waals surface area (Å²) in [6, 6.07) is 2.99. The Morgan fingerprint density at radius 1 is 0.654 bits per heavy atom. The first-order chi connectivity index (χ1) is 61.8. The predicted molar refractivity (Wildman–Crippen MR) is 470 cm³/mol. The molecule has 0 bridgehead atoms. The van der Waals surface area contributed by atoms with Crippen LogP contribution < -0.4 is 85.3 Å². The average Bonchev–Trinajstić information content (AvgIpc) is 0.710. The van der Waals surface area contributed by atoms with Gasteiger partial charge in [0.05, 0.1) is 105 Å². The SMILES string of the molecule is COc1cccc2c1C(=O)c1c(O)c3c(c(O)c1C2=O)C[C@@](O)(CC(=O)CO)C[C@@H]3O[C@H]1C[C@H](NCNC(=O)c2cc(/C=N\OCC(=O)NCCOCCNC(=O)[C@@H](CS)NC(=O)[C@H](Cc3ccccc3)NC(=O)[C@@H](CS)NC(=O)[C@H](CC(=O)O)NC(=O)CNC(=O)[C@H](CCCNC(=N)N)NC(=O)C(CS)NC(=O)[C@H](CC(=O)O)NC(=O)[C@H](N)CS)ccc2O)[C@H](O)[C@H](C)O1. The predicted octanol–water partition coefficient (Wildman–Crippen LogP) is -6.27. The number of nitrogens with zero attached hydrogens (tertiary/aromatic N) is 1. The Labute approximate surface area is 764 Å². The van der Waals surface area contributed by atoms with Crippen LogP contribution in [0.15, 0.2) is 71.9 Å². The number of fused-ring (bicyclic) bond motifs is 3. The lowest BCUT2D eigenvalue weighted by Crippen LogP contribution is -2.60. The van der Waals surface area contributed by atoms with Gasteiger partial charge in [0.25, 0.3) is 11.8 Å². The normalized spacial score (nSPS) is 18.5. The maximum Gasteiger partial charge on any atom is 0.305 e. The average molecular weight is 1900 g/mol. The Hall–Kier alpha value is -12.0. The van der Waals surface area contributed by atoms with Crippen LogP contribution in [0.1, 0.15) is 122 Å². The number of phenols is 3. The van der Waals surface area contributed by atoms with Gasteiger partial charge in [-0.25, -0.2) is 0 Å². The maximum absolute atomic E-state index is 14.2. The summed E-state index contributed by atoms with van der Waals surface area (Å²) >= 11 is 16.4. The number of aromatic hydroxyl groups is 3. The van der Waals surface area contributed by atoms with E-state index in [0.717, 1.165) is 6.21 Å². The fourth-order valence-corrected chi connectivity index (χ4v) is 14.7. The number of guanidine groups is 1. The quantitative estimate of drug-likeness (QED) is 0.00328. The first-order valence-corrected chi connectivity index (χ1v) is 42.8. The zero-order valence-electron chi connectivity index (χ0n) is 70.0. The monoisotopic (exact) mass is 1900 g/mol. The number of aliphatic hydroxyl groups is 3. The fraction of sp³-hybridized carbons (Fsp3) is 0.475. The fourth-order valence-electron chi connectivity index (χ4n) is 13.8. The van der Waals surface area contributed by atoms with E-state index in [0.29, 0.717) is 5.56 Å². The second-order valence-electron chi connectivity index (χ2n) is 29.9. The van der Waals surface area contributed by atoms with Crippen LogP contribution in [-0.2, 0) is 94.2 Å². The van der Waals surface area contributed by atoms with Crippen LogP contribution in [0.4, 0.5) is 0 Å². The van der Waals surface area contributed by atoms with E-state index < -0.39 is 277 Å². The molecule has 0 saturated carbocycles. The zero-order valence-corrected chi connectivity index (χ0v) is 73.6. The molecule has 1 fully saturated rings. The number of aliphatic hydroxyl groups excluding tert-OH is 2. The van der Waals surface area contributed by atoms with Crippen molar-refractivity contribution < 1.29 is 141 Å². The van der Waals surface area contributed by atoms with Gasteiger partial charge in [0, 0.05) is 97.5 Å². The largest absolute Gasteiger partial charge is 0.507 e. The van der Waals surface area contributed by atoms with Crippen molar-refractivity contribution in [3.63, 3.8) is 0 Å². The third kappa shape index (κ3) is 30.3. The lowest BCUT2D eigenvalue weighted by molar-refractivity contribution is -0.250. The van der Waals surface area contributed by atoms with Gasteiger partial charge in [-0.3, -0.25) is 87.4 Å². The summed E-state index contributed by atoms with van der Waals surface area (Å²) in [4.78, 5) is 217. The minimum absolute atomic E-state index is 0.00552. The van der Waals surface area contributed by atoms with E-state index in [-0.39, 0.29) is 116 Å². The number of amides is 11. The molecule has 0 spiro atoms. The molecule has 50 heteroatoms. The van der Waals surface area contributed by atoms with Crippen molar-refractivity contribution in [3.05, 3.63) is 117 Å². The molecule has 0 radical (unpaired) electrons. The third-order valence-electron chi connectivity index (χ3n) is 20.3. The number of carboxylic acid groups (broad SMARTS) is 2. The summed E-state index contributed by atoms with van der Waals surface area (Å²) in [6.07, 6.45) is -8.04. The van der Waals surface area contributed by atoms with Crippen LogP contribution in [-0.4, -0.2) is 315 Å². The highest BCUT2D eigenvalue weighted by Gasteiger charge is 2.49. The van der Waals surface area contributed by atoms with E-state index in [1.807, 2.05) is 0 Å². The van der Waals surface area contributed by atoms with Gasteiger partial charge in [-0.2, -0.15) is 50.5 Å². The number of oxime groups is 1. The lowest BCUT2D eigenvalue weighted by atomic mass is 9.71. The van der Waals surface area contributed by atoms with E-state index >= 15 is 0 Å². The van der Waals surface area contributed by atoms with Crippen molar-refractivity contribution in [2.24, 2.45) is 16.6 Å². The minimum Gasteiger partial charge on any atom is -0.507 e. The Kier molecular flexibility index (Phi) is 41.1. The number of hydrogen-bond donors (Lipinski definition) is 28. The van der Waals surface area contributed by atoms with Crippen molar-refractivity contribution in [1.82, 2.24) is 69.1 Å². The zero-order chi connectivity index (χ0) is 95.8. The van der Waals surface area contributed by atoms with Crippen molar-refractivity contribution in [3.8, 4) is 23.0 Å². The van der Waals surface area contributed by atoms with E-state index in [2.05, 4.69) is 125 Å². The van der Waals surface area contributed by atoms with Crippen molar-refractivity contribution in [1.29, 1.82) is 5.41 Å². The van der Waals surface area contributed by atoms with Crippen molar-refractivity contribution in [2.45, 2.75) is 149 Å². The number of carbonyl (C=O) groups is 16. The Morgan fingerprint density at radius 3 is 1.84 bits per heavy atom. The maximum atomic E-state index is 14.2. The molecule has 1 saturated heterocycles. The van der Waals surface area contributed by atoms with Crippen LogP contribution in [0.25, 0.3) is 0 Å². The van der Waals surface area contributed by atoms with Gasteiger partial charge in [-0.05, 0) is 55.2 Å². The Bertz CT molecular complexity index is 4850. The van der Waals surface area contributed by atoms with Crippen molar-refractivity contribution >= 4 is 157 Å². The standard InChI is InChI=1S/C80H105N17O29S4/c1-37-65(107)46(24-60(125-37)126-55-27-80(121,25-40(99)30-98)26-43-62(55)69(111)64-63(67(43)109)66(108)41-10-6-12-54(122-2)61(41)68(64)110)88-36-89-70(112)42-20-39(13-14-53(42)100)28-90-124-31-57(102)84-16-18-123-19-17-85-73(115)50(33-128)95-74(116)47(21-38-8-4-3-5-9-38)94-78(120)52(35-130)96-75(117)48(22-58(103)104)91-56(101)29-87-72(114)45(11-7-15-86-79(82)83)92-77(119)51(34-129)97-76(118)49(23-59(105)106)93-71(113)44(81)32-127/h3-6,8-10,12-14,20,28,37,44-52,55,60,65,88,98,100,107,109,111,121,127-130H,7,11,15-19,21-27,29-36,81H2,1-2H3,(H,84,102)(H,85,115)(H,87,114)(H,89,112)(H,91,101)(H,92,119)(H,93,113)(H,94,120)(H,95,116)(H,96,117)(H,97,118)(H,103,104)(H,105,106)(H4,82,83,86)/b90-28-/t37-,44+,45-,46-,47-,48-,49-,50+,51?,52+,55-,60-,65+,80-/m0/s1. The summed E-state index contributed by atoms with van der Waals surface area (Å²) < 4.78 is 23.3. The number of aliphatic carboxylic acids is 2. The van der Waals surface area contributed by atoms with Crippen LogP contribution in [0.3, 0.4) is 0 Å². The molecular formula is C80H105N17O29S4. The summed E-state index contributed by atoms with van der Waals surface area (Å²) in [5.74, 6) is -20.0. The molecule has 1 aliphatic heterocycles. The van der Waals surface area contributed by atoms with Gasteiger partial charge in [0.2, 0.25) is 58.9 Å². The molecule has 11 amide bonds. The van der Waals surface area contributed by atoms with Gasteiger partial charge in [-0.1, -0.05) is 47.6 Å². The number of ether oxygens (including phenoxy) is 4. The summed E-state index contributed by atoms with van der Waals surface area (Å²) in [7, 11) is 1.28. The van der Waals surface area contributed by atoms with E-state index in [1.165, 1.54) is 50.4 Å². The summed E-state index contributed by atoms with van der Waals surface area (Å²) in [5, 5.41) is 129. The number of methoxy groups -OCH3 is 1. The van der Waals surface area contributed by atoms with E-state index in [1.54, 1.807) is 30.3 Å². The smallest absolute Gasteiger partial charge is 0.305 e. The van der Waals surface area contributed by atoms with E-state index in [4.69, 9.17) is 40.7 Å². The van der Waals surface area contributed by atoms with E-state index in [9.17, 15) is 118 Å². The van der Waals surface area contributed by atoms with Crippen LogP contribution in [0, 0.1) is 5.41 Å². The molecule has 3 aliphatic rings. The summed E-state index contributed by atoms with van der Waals surface area (Å²) in [6.45, 7) is -1.64. The molecule has 1 heterocycles. The Morgan fingerprint density at radius 2 is 1.23 bits per heavy atom. The van der Waals surface area contributed by atoms with Gasteiger partial charge in [-0.15, -0.1) is 0 Å². The number of Topliss-reactive ketones (excluding diaryl/α,β-unsaturated/α-hetero) is 1. The highest BCUT2D eigenvalue weighted by molar-refractivity contribution is 7.80. The topological polar surface area (TPSA) is 726 Å². The molecule has 4 aromatic rings. The first kappa shape index (κ1) is 105. The number of benzene rings is 4. The number of thiol groups is 4. The molecule has 46 nitrogen and oxygen atoms in total. The number of ketones is 3. The van der Waals surface area contributed by atoms with Gasteiger partial charge >= 0.3 is 11.9 Å². The number of nitrogens with two attached hydrogens (primary N) is 2. The van der Waals surface area contributed by atoms with Crippen LogP contribution in [0.5, 0.6) is 23.0 Å². The number of carbonyl (C=O) groups excluding carboxylic acids is 14. The molecule has 130 heavy (non-hydrogen) atoms. The number of nitrogens with one attached hydrogen (secondary N) is 14. The van der Waals surface area contributed by atoms with Crippen LogP contribution in [0.2, 0.25) is 0 Å². The molecule has 26 N–H and O–H groups in total. The molecule has 2 aliphatic carbocycles. The molecule has 14 atom stereocenters. The molecule has 4 aromatic carbocycles. The highest BCUT2D eigenvalue weighted by Crippen LogP contribution is 2.53. The summed E-state index contributed by atoms with van der Waals surface area (Å²) in [5.41, 5.74) is 7.67. The molecule has 1 unspecified atom stereocenters. The number of rotatable bonds is 51. The molecule has 708 valence electrons. The van der Waals surface area contributed by atoms with Gasteiger partial charge in [0.15, 0.2) is 30.4 Å². The Balaban J connectivity index is 0.844. The lowest BCUT2D eigenvalue weighted by Gasteiger charge is -2.43. The van der Waals surface area contributed by atoms with Crippen LogP contribution >= 0.6 is 50.5 Å².